The summed E-state index contributed by atoms with van der Waals surface area (Å²) in [5.74, 6) is -0.0188. The molecule has 1 atom stereocenters. The van der Waals surface area contributed by atoms with Gasteiger partial charge in [0.2, 0.25) is 0 Å². The fourth-order valence-electron chi connectivity index (χ4n) is 2.48. The van der Waals surface area contributed by atoms with Crippen LogP contribution in [0.15, 0.2) is 0 Å². The van der Waals surface area contributed by atoms with Crippen LogP contribution in [0.25, 0.3) is 0 Å². The molecule has 1 fully saturated rings. The van der Waals surface area contributed by atoms with E-state index >= 15 is 0 Å². The molecule has 1 amide bonds. The minimum Gasteiger partial charge on any atom is -0.444 e. The Morgan fingerprint density at radius 3 is 2.26 bits per heavy atom. The average molecular weight is 274 g/mol. The van der Waals surface area contributed by atoms with E-state index in [4.69, 9.17) is 10.5 Å². The van der Waals surface area contributed by atoms with E-state index < -0.39 is 11.3 Å². The molecule has 0 aromatic carbocycles. The van der Waals surface area contributed by atoms with Crippen molar-refractivity contribution in [3.63, 3.8) is 0 Å². The number of amides is 1. The van der Waals surface area contributed by atoms with E-state index in [0.717, 1.165) is 0 Å². The molecule has 1 saturated heterocycles. The molecule has 0 radical (unpaired) electrons. The molecule has 1 rings (SSSR count). The minimum atomic E-state index is -1.23. The summed E-state index contributed by atoms with van der Waals surface area (Å²) in [7, 11) is 0. The van der Waals surface area contributed by atoms with Gasteiger partial charge in [-0.05, 0) is 59.4 Å². The summed E-state index contributed by atoms with van der Waals surface area (Å²) in [6.07, 6.45) is 1.42. The maximum Gasteiger partial charge on any atom is 0.410 e. The summed E-state index contributed by atoms with van der Waals surface area (Å²) in [5, 5.41) is 0. The van der Waals surface area contributed by atoms with Crippen molar-refractivity contribution in [3.05, 3.63) is 0 Å². The maximum atomic E-state index is 14.4. The molecule has 0 saturated carbocycles. The third kappa shape index (κ3) is 4.97. The number of carbonyl (C=O) groups is 1. The molecule has 1 heterocycles. The van der Waals surface area contributed by atoms with Gasteiger partial charge in [-0.15, -0.1) is 0 Å². The van der Waals surface area contributed by atoms with Crippen molar-refractivity contribution in [2.45, 2.75) is 58.2 Å². The normalized spacial score (nSPS) is 21.1. The van der Waals surface area contributed by atoms with Crippen LogP contribution in [0.5, 0.6) is 0 Å². The predicted molar refractivity (Wildman–Crippen MR) is 73.7 cm³/mol. The molecule has 5 heteroatoms. The van der Waals surface area contributed by atoms with Gasteiger partial charge in [0.25, 0.3) is 0 Å². The topological polar surface area (TPSA) is 55.6 Å². The number of nitrogens with zero attached hydrogens (tertiary/aromatic N) is 1. The van der Waals surface area contributed by atoms with Gasteiger partial charge < -0.3 is 15.4 Å². The van der Waals surface area contributed by atoms with Gasteiger partial charge in [0.05, 0.1) is 0 Å². The Morgan fingerprint density at radius 1 is 1.32 bits per heavy atom. The molecule has 2 N–H and O–H groups in total. The number of nitrogens with two attached hydrogens (primary N) is 1. The number of hydrogen-bond acceptors (Lipinski definition) is 3. The van der Waals surface area contributed by atoms with Crippen LogP contribution in [0, 0.1) is 5.92 Å². The van der Waals surface area contributed by atoms with Gasteiger partial charge in [0.15, 0.2) is 0 Å². The summed E-state index contributed by atoms with van der Waals surface area (Å²) in [6.45, 7) is 8.63. The van der Waals surface area contributed by atoms with Crippen LogP contribution in [0.1, 0.15) is 47.0 Å². The number of carbonyl (C=O) groups excluding carboxylic acids is 1. The highest BCUT2D eigenvalue weighted by Gasteiger charge is 2.37. The maximum absolute atomic E-state index is 14.4. The fraction of sp³-hybridized carbons (Fsp3) is 0.929. The quantitative estimate of drug-likeness (QED) is 0.861. The number of ether oxygens (including phenoxy) is 1. The van der Waals surface area contributed by atoms with Gasteiger partial charge in [0.1, 0.15) is 11.3 Å². The van der Waals surface area contributed by atoms with Crippen LogP contribution >= 0.6 is 0 Å². The number of rotatable bonds is 3. The Hall–Kier alpha value is -0.840. The molecule has 0 aromatic rings. The first-order chi connectivity index (χ1) is 8.65. The molecule has 19 heavy (non-hydrogen) atoms. The van der Waals surface area contributed by atoms with Crippen molar-refractivity contribution in [1.82, 2.24) is 4.90 Å². The van der Waals surface area contributed by atoms with E-state index in [1.807, 2.05) is 20.8 Å². The van der Waals surface area contributed by atoms with Crippen LogP contribution in [0.2, 0.25) is 0 Å². The van der Waals surface area contributed by atoms with Crippen molar-refractivity contribution in [3.8, 4) is 0 Å². The lowest BCUT2D eigenvalue weighted by atomic mass is 9.81. The fourth-order valence-corrected chi connectivity index (χ4v) is 2.48. The number of hydrogen-bond donors (Lipinski definition) is 1. The summed E-state index contributed by atoms with van der Waals surface area (Å²) in [6, 6.07) is 0. The van der Waals surface area contributed by atoms with E-state index in [2.05, 4.69) is 0 Å². The molecule has 1 aliphatic rings. The lowest BCUT2D eigenvalue weighted by Gasteiger charge is -2.38. The lowest BCUT2D eigenvalue weighted by molar-refractivity contribution is 0.00296. The second kappa shape index (κ2) is 6.07. The Bertz CT molecular complexity index is 305. The molecule has 112 valence electrons. The first-order valence-corrected chi connectivity index (χ1v) is 7.02. The third-order valence-electron chi connectivity index (χ3n) is 3.63. The molecule has 1 aliphatic heterocycles. The Labute approximate surface area is 115 Å². The average Bonchev–Trinajstić information content (AvgIpc) is 2.27. The van der Waals surface area contributed by atoms with Gasteiger partial charge in [0, 0.05) is 13.1 Å². The summed E-state index contributed by atoms with van der Waals surface area (Å²) in [4.78, 5) is 13.6. The first-order valence-electron chi connectivity index (χ1n) is 7.02. The van der Waals surface area contributed by atoms with Crippen molar-refractivity contribution in [2.24, 2.45) is 11.7 Å². The highest BCUT2D eigenvalue weighted by molar-refractivity contribution is 5.68. The van der Waals surface area contributed by atoms with Gasteiger partial charge in [-0.1, -0.05) is 0 Å². The molecule has 0 spiro atoms. The number of likely N-dealkylation sites (tertiary alicyclic amines) is 1. The van der Waals surface area contributed by atoms with Crippen LogP contribution in [0.4, 0.5) is 9.18 Å². The molecular formula is C14H27FN2O2. The molecule has 0 aliphatic carbocycles. The van der Waals surface area contributed by atoms with E-state index in [9.17, 15) is 9.18 Å². The number of piperidine rings is 1. The minimum absolute atomic E-state index is 0.0188. The van der Waals surface area contributed by atoms with Crippen molar-refractivity contribution in [2.75, 3.05) is 19.6 Å². The zero-order valence-corrected chi connectivity index (χ0v) is 12.5. The monoisotopic (exact) mass is 274 g/mol. The van der Waals surface area contributed by atoms with Gasteiger partial charge >= 0.3 is 6.09 Å². The SMILES string of the molecule is CC(C)(C)OC(=O)N1CCC(C(C)(F)CCN)CC1. The molecule has 0 aromatic heterocycles. The predicted octanol–water partition coefficient (Wildman–Crippen LogP) is 2.71. The molecule has 0 bridgehead atoms. The molecular weight excluding hydrogens is 247 g/mol. The Morgan fingerprint density at radius 2 is 1.84 bits per heavy atom. The zero-order chi connectivity index (χ0) is 14.7. The van der Waals surface area contributed by atoms with Crippen LogP contribution < -0.4 is 5.73 Å². The van der Waals surface area contributed by atoms with Gasteiger partial charge in [-0.2, -0.15) is 0 Å². The summed E-state index contributed by atoms with van der Waals surface area (Å²) in [5.41, 5.74) is 3.73. The smallest absolute Gasteiger partial charge is 0.410 e. The number of alkyl halides is 1. The number of halogens is 1. The highest BCUT2D eigenvalue weighted by atomic mass is 19.1. The molecule has 4 nitrogen and oxygen atoms in total. The van der Waals surface area contributed by atoms with E-state index in [0.29, 0.717) is 38.9 Å². The van der Waals surface area contributed by atoms with E-state index in [-0.39, 0.29) is 12.0 Å². The van der Waals surface area contributed by atoms with E-state index in [1.54, 1.807) is 11.8 Å². The van der Waals surface area contributed by atoms with Crippen molar-refractivity contribution in [1.29, 1.82) is 0 Å². The van der Waals surface area contributed by atoms with Crippen LogP contribution in [-0.2, 0) is 4.74 Å². The standard InChI is InChI=1S/C14H27FN2O2/c1-13(2,3)19-12(18)17-9-5-11(6-10-17)14(4,15)7-8-16/h11H,5-10,16H2,1-4H3. The van der Waals surface area contributed by atoms with Crippen molar-refractivity contribution >= 4 is 6.09 Å². The lowest BCUT2D eigenvalue weighted by Crippen LogP contribution is -2.45. The van der Waals surface area contributed by atoms with Crippen molar-refractivity contribution < 1.29 is 13.9 Å². The third-order valence-corrected chi connectivity index (χ3v) is 3.63. The zero-order valence-electron chi connectivity index (χ0n) is 12.5. The first kappa shape index (κ1) is 16.2. The largest absolute Gasteiger partial charge is 0.444 e. The van der Waals surface area contributed by atoms with E-state index in [1.165, 1.54) is 0 Å². The van der Waals surface area contributed by atoms with Gasteiger partial charge in [-0.25, -0.2) is 9.18 Å². The summed E-state index contributed by atoms with van der Waals surface area (Å²) < 4.78 is 19.7. The Kier molecular flexibility index (Phi) is 5.18. The van der Waals surface area contributed by atoms with Crippen LogP contribution in [-0.4, -0.2) is 41.9 Å². The second-order valence-corrected chi connectivity index (χ2v) is 6.56. The van der Waals surface area contributed by atoms with Crippen LogP contribution in [0.3, 0.4) is 0 Å². The summed E-state index contributed by atoms with van der Waals surface area (Å²) >= 11 is 0. The molecule has 1 unspecified atom stereocenters. The second-order valence-electron chi connectivity index (χ2n) is 6.56. The van der Waals surface area contributed by atoms with Gasteiger partial charge in [-0.3, -0.25) is 0 Å². The Balaban J connectivity index is 2.47. The highest BCUT2D eigenvalue weighted by Crippen LogP contribution is 2.34.